The van der Waals surface area contributed by atoms with Gasteiger partial charge in [0.25, 0.3) is 23.6 Å². The van der Waals surface area contributed by atoms with Crippen molar-refractivity contribution in [3.8, 4) is 57.2 Å². The molecule has 81 heavy (non-hydrogen) atoms. The first-order valence-electron chi connectivity index (χ1n) is 25.5. The lowest BCUT2D eigenvalue weighted by Gasteiger charge is -2.23. The van der Waals surface area contributed by atoms with Gasteiger partial charge in [0.05, 0.1) is 34.4 Å². The van der Waals surface area contributed by atoms with Crippen LogP contribution in [-0.2, 0) is 5.92 Å². The second-order valence-electron chi connectivity index (χ2n) is 18.9. The zero-order valence-electron chi connectivity index (χ0n) is 44.5. The number of pyridine rings is 1. The molecular weight excluding hydrogens is 1040 g/mol. The van der Waals surface area contributed by atoms with Gasteiger partial charge in [0, 0.05) is 88.6 Å². The lowest BCUT2D eigenvalue weighted by molar-refractivity contribution is -0.00676. The first-order valence-corrected chi connectivity index (χ1v) is 25.5. The van der Waals surface area contributed by atoms with Crippen molar-refractivity contribution in [2.24, 2.45) is 0 Å². The molecule has 10 rings (SSSR count). The Labute approximate surface area is 462 Å². The fourth-order valence-electron chi connectivity index (χ4n) is 9.43. The summed E-state index contributed by atoms with van der Waals surface area (Å²) in [6.07, 6.45) is 10.9. The Morgan fingerprint density at radius 1 is 0.679 bits per heavy atom. The molecule has 0 saturated carbocycles. The molecule has 0 aliphatic rings. The van der Waals surface area contributed by atoms with Crippen molar-refractivity contribution in [1.82, 2.24) is 31.2 Å². The molecule has 4 heterocycles. The summed E-state index contributed by atoms with van der Waals surface area (Å²) < 4.78 is 69.0. The number of aromatic nitrogens is 2. The van der Waals surface area contributed by atoms with E-state index in [4.69, 9.17) is 15.3 Å². The molecule has 0 aliphatic carbocycles. The number of nitrogens with zero attached hydrogens (tertiary/aromatic N) is 1. The van der Waals surface area contributed by atoms with Crippen LogP contribution in [0, 0.1) is 24.0 Å². The largest absolute Gasteiger partial charge is 0.454 e. The number of H-pyrrole nitrogens is 1. The van der Waals surface area contributed by atoms with E-state index in [0.717, 1.165) is 22.0 Å². The van der Waals surface area contributed by atoms with Gasteiger partial charge >= 0.3 is 5.92 Å². The van der Waals surface area contributed by atoms with Crippen LogP contribution >= 0.6 is 0 Å². The van der Waals surface area contributed by atoms with Crippen LogP contribution in [0.4, 0.5) is 23.2 Å². The van der Waals surface area contributed by atoms with Gasteiger partial charge in [-0.05, 0) is 128 Å². The number of fused-ring (bicyclic) bond motifs is 4. The number of rotatable bonds is 15. The van der Waals surface area contributed by atoms with Crippen LogP contribution in [0.3, 0.4) is 0 Å². The number of aromatic amines is 1. The van der Waals surface area contributed by atoms with Gasteiger partial charge < -0.3 is 40.4 Å². The van der Waals surface area contributed by atoms with Crippen LogP contribution in [0.25, 0.3) is 83.8 Å². The van der Waals surface area contributed by atoms with Crippen molar-refractivity contribution in [2.45, 2.75) is 31.7 Å². The third-order valence-electron chi connectivity index (χ3n) is 13.9. The molecule has 4 aromatic heterocycles. The number of hydrogen-bond acceptors (Lipinski definition) is 8. The minimum Gasteiger partial charge on any atom is -0.454 e. The lowest BCUT2D eigenvalue weighted by atomic mass is 9.94. The Kier molecular flexibility index (Phi) is 15.8. The molecule has 10 aromatic rings. The van der Waals surface area contributed by atoms with E-state index in [1.807, 2.05) is 32.0 Å². The van der Waals surface area contributed by atoms with E-state index in [0.29, 0.717) is 78.8 Å². The Morgan fingerprint density at radius 3 is 1.77 bits per heavy atom. The van der Waals surface area contributed by atoms with E-state index in [2.05, 4.69) is 49.1 Å². The number of furan rings is 2. The highest BCUT2D eigenvalue weighted by molar-refractivity contribution is 6.20. The minimum atomic E-state index is -3.36. The summed E-state index contributed by atoms with van der Waals surface area (Å²) in [6.45, 7) is 6.74. The third-order valence-corrected chi connectivity index (χ3v) is 13.9. The normalized spacial score (nSPS) is 12.0. The quantitative estimate of drug-likeness (QED) is 0.0433. The maximum Gasteiger partial charge on any atom is 0.306 e. The van der Waals surface area contributed by atoms with E-state index in [1.54, 1.807) is 81.0 Å². The number of carbonyl (C=O) groups excluding carboxylic acids is 4. The van der Waals surface area contributed by atoms with Crippen molar-refractivity contribution in [2.75, 3.05) is 33.0 Å². The average molecular weight is 1090 g/mol. The van der Waals surface area contributed by atoms with Crippen molar-refractivity contribution in [3.05, 3.63) is 198 Å². The van der Waals surface area contributed by atoms with Crippen molar-refractivity contribution in [1.29, 1.82) is 0 Å². The summed E-state index contributed by atoms with van der Waals surface area (Å²) in [5.41, 5.74) is 6.69. The zero-order valence-corrected chi connectivity index (χ0v) is 44.5. The summed E-state index contributed by atoms with van der Waals surface area (Å²) in [5.74, 6) is -2.64. The number of nitrogens with one attached hydrogen (secondary N) is 6. The van der Waals surface area contributed by atoms with Gasteiger partial charge in [-0.15, -0.1) is 6.42 Å². The Balaban J connectivity index is 0.000000197. The smallest absolute Gasteiger partial charge is 0.306 e. The first-order chi connectivity index (χ1) is 39.0. The van der Waals surface area contributed by atoms with Crippen LogP contribution in [0.15, 0.2) is 161 Å². The minimum absolute atomic E-state index is 0.155. The van der Waals surface area contributed by atoms with Gasteiger partial charge in [0.1, 0.15) is 40.0 Å². The number of halogens is 4. The molecule has 6 N–H and O–H groups in total. The fourth-order valence-corrected chi connectivity index (χ4v) is 9.43. The molecule has 408 valence electrons. The summed E-state index contributed by atoms with van der Waals surface area (Å²) in [4.78, 5) is 59.2. The summed E-state index contributed by atoms with van der Waals surface area (Å²) >= 11 is 0. The van der Waals surface area contributed by atoms with Gasteiger partial charge in [-0.3, -0.25) is 24.2 Å². The van der Waals surface area contributed by atoms with E-state index in [-0.39, 0.29) is 34.5 Å². The molecule has 0 fully saturated rings. The van der Waals surface area contributed by atoms with Crippen LogP contribution in [0.1, 0.15) is 73.0 Å². The van der Waals surface area contributed by atoms with Crippen molar-refractivity contribution < 1.29 is 45.6 Å². The van der Waals surface area contributed by atoms with Gasteiger partial charge in [-0.1, -0.05) is 55.8 Å². The van der Waals surface area contributed by atoms with Crippen LogP contribution in [0.5, 0.6) is 0 Å². The number of alkyl halides is 2. The van der Waals surface area contributed by atoms with Gasteiger partial charge in [-0.25, -0.2) is 8.78 Å². The molecule has 0 bridgehead atoms. The Hall–Kier alpha value is -10.2. The van der Waals surface area contributed by atoms with Crippen molar-refractivity contribution in [3.63, 3.8) is 0 Å². The molecule has 0 spiro atoms. The second kappa shape index (κ2) is 23.0. The SMILES string of the molecule is C#CC(C)(CC)NC(=O)c1cccc(-c2cc3c(C(=O)NC)c(-c4ccc(F)cc4)oc3c3cc[nH]c23)c1.C=Cc1c(NC)c(-c2cccc(C(=O)NCC(F)(F)c3ccccn3)c2)cc2c(C(=O)NC)c(-c3ccc(F)cc3)oc12. The highest BCUT2D eigenvalue weighted by Crippen LogP contribution is 2.45. The monoisotopic (exact) mass is 1090 g/mol. The molecule has 0 saturated heterocycles. The third kappa shape index (κ3) is 11.0. The first kappa shape index (κ1) is 55.5. The van der Waals surface area contributed by atoms with Gasteiger partial charge in [0.2, 0.25) is 0 Å². The van der Waals surface area contributed by atoms with E-state index < -0.39 is 41.3 Å². The topological polar surface area (TPSA) is 183 Å². The van der Waals surface area contributed by atoms with Crippen LogP contribution in [-0.4, -0.2) is 66.8 Å². The average Bonchev–Trinajstić information content (AvgIpc) is 3.43. The van der Waals surface area contributed by atoms with E-state index in [1.165, 1.54) is 73.9 Å². The highest BCUT2D eigenvalue weighted by Gasteiger charge is 2.34. The number of carbonyl (C=O) groups is 4. The predicted octanol–water partition coefficient (Wildman–Crippen LogP) is 13.1. The van der Waals surface area contributed by atoms with E-state index >= 15 is 0 Å². The number of terminal acetylenes is 1. The number of hydrogen-bond donors (Lipinski definition) is 6. The Bertz CT molecular complexity index is 4110. The fraction of sp³-hybridized carbons (Fsp3) is 0.141. The predicted molar refractivity (Wildman–Crippen MR) is 308 cm³/mol. The second-order valence-corrected chi connectivity index (χ2v) is 18.9. The van der Waals surface area contributed by atoms with E-state index in [9.17, 15) is 36.7 Å². The Morgan fingerprint density at radius 2 is 1.23 bits per heavy atom. The summed E-state index contributed by atoms with van der Waals surface area (Å²) in [6, 6.07) is 34.8. The number of anilines is 1. The summed E-state index contributed by atoms with van der Waals surface area (Å²) in [5, 5.41) is 15.5. The number of amides is 4. The van der Waals surface area contributed by atoms with Crippen molar-refractivity contribution >= 4 is 68.2 Å². The maximum absolute atomic E-state index is 14.6. The van der Waals surface area contributed by atoms with Crippen LogP contribution < -0.4 is 26.6 Å². The van der Waals surface area contributed by atoms with Crippen LogP contribution in [0.2, 0.25) is 0 Å². The standard InChI is InChI=1S/C33H27F3N4O3.C31H26FN3O3/c1-4-23-28(37-2)24(17-25-27(32(42)38-3)29(43-30(23)25)19-11-13-22(34)14-12-19)20-8-7-9-21(16-20)31(41)40-18-33(35,36)26-10-5-6-15-39-26;1-5-31(3,6-2)35-29(36)20-9-7-8-19(16-20)23-17-24-25(30(37)33-4)27(18-10-12-21(32)13-11-18)38-28(24)22-14-15-34-26(22)23/h4-17,37H,1,18H2,2-3H3,(H,38,42)(H,40,41);1,7-17,34H,6H2,2-4H3,(H,33,37)(H,35,36). The van der Waals surface area contributed by atoms with Gasteiger partial charge in [0.15, 0.2) is 0 Å². The molecule has 0 aliphatic heterocycles. The lowest BCUT2D eigenvalue weighted by Crippen LogP contribution is -2.44. The molecule has 6 aromatic carbocycles. The zero-order chi connectivity index (χ0) is 57.8. The number of benzene rings is 6. The molecule has 17 heteroatoms. The molecule has 1 unspecified atom stereocenters. The van der Waals surface area contributed by atoms with Gasteiger partial charge in [-0.2, -0.15) is 8.78 Å². The molecule has 0 radical (unpaired) electrons. The molecule has 4 amide bonds. The maximum atomic E-state index is 14.6. The summed E-state index contributed by atoms with van der Waals surface area (Å²) in [7, 11) is 4.75. The molecule has 1 atom stereocenters. The molecule has 13 nitrogen and oxygen atoms in total. The molecular formula is C64H53F4N7O6. The highest BCUT2D eigenvalue weighted by atomic mass is 19.3.